The topological polar surface area (TPSA) is 51.3 Å². The minimum Gasteiger partial charge on any atom is -0.309 e. The summed E-state index contributed by atoms with van der Waals surface area (Å²) in [6.45, 7) is 0. The van der Waals surface area contributed by atoms with Crippen LogP contribution in [0.1, 0.15) is 12.0 Å². The maximum absolute atomic E-state index is 5.62. The molecule has 0 aliphatic carbocycles. The smallest absolute Gasteiger partial charge is 0.100 e. The van der Waals surface area contributed by atoms with Crippen LogP contribution in [0, 0.1) is 0 Å². The number of hydrogen-bond donors (Lipinski definition) is 1. The van der Waals surface area contributed by atoms with Crippen molar-refractivity contribution in [3.05, 3.63) is 36.2 Å². The Kier molecular flexibility index (Phi) is 2.19. The number of pyridine rings is 1. The molecule has 1 aliphatic heterocycles. The third kappa shape index (κ3) is 1.81. The van der Waals surface area contributed by atoms with Crippen LogP contribution in [0.5, 0.6) is 0 Å². The Labute approximate surface area is 77.0 Å². The van der Waals surface area contributed by atoms with Crippen LogP contribution in [0.4, 0.5) is 0 Å². The zero-order valence-electron chi connectivity index (χ0n) is 7.22. The zero-order valence-corrected chi connectivity index (χ0v) is 7.22. The third-order valence-corrected chi connectivity index (χ3v) is 2.00. The first-order valence-electron chi connectivity index (χ1n) is 4.25. The van der Waals surface area contributed by atoms with Gasteiger partial charge in [-0.3, -0.25) is 9.98 Å². The van der Waals surface area contributed by atoms with Gasteiger partial charge in [-0.05, 0) is 23.3 Å². The second kappa shape index (κ2) is 3.49. The molecule has 1 atom stereocenters. The van der Waals surface area contributed by atoms with Crippen molar-refractivity contribution in [2.45, 2.75) is 12.6 Å². The molecule has 1 aromatic heterocycles. The van der Waals surface area contributed by atoms with Crippen molar-refractivity contribution in [3.63, 3.8) is 0 Å². The van der Waals surface area contributed by atoms with Gasteiger partial charge in [-0.25, -0.2) is 0 Å². The molecule has 0 fully saturated rings. The van der Waals surface area contributed by atoms with Crippen molar-refractivity contribution in [1.29, 1.82) is 0 Å². The molecule has 0 amide bonds. The summed E-state index contributed by atoms with van der Waals surface area (Å²) >= 11 is 0. The molecule has 0 bridgehead atoms. The largest absolute Gasteiger partial charge is 0.309 e. The quantitative estimate of drug-likeness (QED) is 0.694. The van der Waals surface area contributed by atoms with E-state index in [1.54, 1.807) is 12.4 Å². The van der Waals surface area contributed by atoms with Crippen molar-refractivity contribution in [2.24, 2.45) is 10.7 Å². The van der Waals surface area contributed by atoms with Gasteiger partial charge in [0.25, 0.3) is 0 Å². The van der Waals surface area contributed by atoms with E-state index in [2.05, 4.69) is 16.1 Å². The fourth-order valence-electron chi connectivity index (χ4n) is 1.27. The number of allylic oxidation sites excluding steroid dienone is 1. The standard InChI is InChI=1S/C10H11N3/c11-10-2-1-9(7-13-10)8-3-5-12-6-4-8/h1,3-7,10H,2,11H2/t10-/m1/s1. The maximum Gasteiger partial charge on any atom is 0.100 e. The number of hydrogen-bond acceptors (Lipinski definition) is 3. The molecule has 0 aromatic carbocycles. The predicted molar refractivity (Wildman–Crippen MR) is 53.3 cm³/mol. The average molecular weight is 173 g/mol. The first-order valence-corrected chi connectivity index (χ1v) is 4.25. The van der Waals surface area contributed by atoms with Gasteiger partial charge in [0.1, 0.15) is 6.17 Å². The monoisotopic (exact) mass is 173 g/mol. The van der Waals surface area contributed by atoms with Gasteiger partial charge in [0.2, 0.25) is 0 Å². The molecular formula is C10H11N3. The van der Waals surface area contributed by atoms with Gasteiger partial charge in [0, 0.05) is 25.0 Å². The molecule has 0 saturated heterocycles. The number of aromatic nitrogens is 1. The second-order valence-corrected chi connectivity index (χ2v) is 2.98. The van der Waals surface area contributed by atoms with Crippen LogP contribution in [0.15, 0.2) is 35.6 Å². The Bertz CT molecular complexity index is 340. The van der Waals surface area contributed by atoms with E-state index in [0.717, 1.165) is 17.6 Å². The molecule has 13 heavy (non-hydrogen) atoms. The zero-order chi connectivity index (χ0) is 9.10. The Hall–Kier alpha value is -1.48. The summed E-state index contributed by atoms with van der Waals surface area (Å²) in [5, 5.41) is 0. The van der Waals surface area contributed by atoms with Gasteiger partial charge < -0.3 is 5.73 Å². The number of rotatable bonds is 1. The van der Waals surface area contributed by atoms with Crippen molar-refractivity contribution >= 4 is 11.8 Å². The molecule has 3 heteroatoms. The summed E-state index contributed by atoms with van der Waals surface area (Å²) in [5.41, 5.74) is 7.89. The van der Waals surface area contributed by atoms with Crippen molar-refractivity contribution in [3.8, 4) is 0 Å². The Balaban J connectivity index is 2.25. The molecule has 2 heterocycles. The van der Waals surface area contributed by atoms with Crippen LogP contribution in [0.2, 0.25) is 0 Å². The van der Waals surface area contributed by atoms with Crippen molar-refractivity contribution < 1.29 is 0 Å². The van der Waals surface area contributed by atoms with Crippen LogP contribution < -0.4 is 5.73 Å². The molecular weight excluding hydrogens is 162 g/mol. The van der Waals surface area contributed by atoms with Crippen LogP contribution in [0.3, 0.4) is 0 Å². The van der Waals surface area contributed by atoms with E-state index >= 15 is 0 Å². The summed E-state index contributed by atoms with van der Waals surface area (Å²) in [4.78, 5) is 8.11. The van der Waals surface area contributed by atoms with E-state index < -0.39 is 0 Å². The summed E-state index contributed by atoms with van der Waals surface area (Å²) in [6.07, 6.45) is 8.23. The lowest BCUT2D eigenvalue weighted by atomic mass is 10.1. The number of nitrogens with two attached hydrogens (primary N) is 1. The molecule has 66 valence electrons. The Morgan fingerprint density at radius 3 is 2.69 bits per heavy atom. The van der Waals surface area contributed by atoms with Crippen LogP contribution in [0.25, 0.3) is 5.57 Å². The average Bonchev–Trinajstić information content (AvgIpc) is 2.20. The highest BCUT2D eigenvalue weighted by Crippen LogP contribution is 2.15. The maximum atomic E-state index is 5.62. The van der Waals surface area contributed by atoms with Gasteiger partial charge in [0.05, 0.1) is 0 Å². The SMILES string of the molecule is N[C@H]1CC=C(c2ccncc2)C=N1. The van der Waals surface area contributed by atoms with E-state index in [9.17, 15) is 0 Å². The van der Waals surface area contributed by atoms with E-state index in [4.69, 9.17) is 5.73 Å². The van der Waals surface area contributed by atoms with Crippen molar-refractivity contribution in [2.75, 3.05) is 0 Å². The number of aliphatic imine (C=N–C) groups is 1. The van der Waals surface area contributed by atoms with Crippen LogP contribution >= 0.6 is 0 Å². The number of dihydropyridines is 1. The van der Waals surface area contributed by atoms with Gasteiger partial charge in [0.15, 0.2) is 0 Å². The Morgan fingerprint density at radius 2 is 2.08 bits per heavy atom. The van der Waals surface area contributed by atoms with E-state index in [0.29, 0.717) is 0 Å². The molecule has 0 spiro atoms. The first kappa shape index (κ1) is 8.13. The predicted octanol–water partition coefficient (Wildman–Crippen LogP) is 1.22. The van der Waals surface area contributed by atoms with Crippen LogP contribution in [-0.2, 0) is 0 Å². The highest BCUT2D eigenvalue weighted by atomic mass is 14.9. The summed E-state index contributed by atoms with van der Waals surface area (Å²) in [7, 11) is 0. The molecule has 1 aliphatic rings. The summed E-state index contributed by atoms with van der Waals surface area (Å²) in [5.74, 6) is 0. The summed E-state index contributed by atoms with van der Waals surface area (Å²) < 4.78 is 0. The molecule has 1 aromatic rings. The molecule has 2 N–H and O–H groups in total. The lowest BCUT2D eigenvalue weighted by Crippen LogP contribution is -2.18. The first-order chi connectivity index (χ1) is 6.36. The molecule has 0 saturated carbocycles. The Morgan fingerprint density at radius 1 is 1.31 bits per heavy atom. The lowest BCUT2D eigenvalue weighted by molar-refractivity contribution is 0.722. The lowest BCUT2D eigenvalue weighted by Gasteiger charge is -2.10. The highest BCUT2D eigenvalue weighted by molar-refractivity contribution is 6.10. The van der Waals surface area contributed by atoms with E-state index in [1.165, 1.54) is 0 Å². The molecule has 0 radical (unpaired) electrons. The second-order valence-electron chi connectivity index (χ2n) is 2.98. The fraction of sp³-hybridized carbons (Fsp3) is 0.200. The fourth-order valence-corrected chi connectivity index (χ4v) is 1.27. The third-order valence-electron chi connectivity index (χ3n) is 2.00. The normalized spacial score (nSPS) is 21.3. The van der Waals surface area contributed by atoms with Gasteiger partial charge in [-0.15, -0.1) is 0 Å². The van der Waals surface area contributed by atoms with Crippen LogP contribution in [-0.4, -0.2) is 17.4 Å². The van der Waals surface area contributed by atoms with Gasteiger partial charge in [-0.2, -0.15) is 0 Å². The molecule has 3 nitrogen and oxygen atoms in total. The number of nitrogens with zero attached hydrogens (tertiary/aromatic N) is 2. The molecule has 2 rings (SSSR count). The van der Waals surface area contributed by atoms with Crippen molar-refractivity contribution in [1.82, 2.24) is 4.98 Å². The molecule has 0 unspecified atom stereocenters. The van der Waals surface area contributed by atoms with E-state index in [-0.39, 0.29) is 6.17 Å². The summed E-state index contributed by atoms with van der Waals surface area (Å²) in [6, 6.07) is 3.93. The minimum atomic E-state index is -0.0643. The highest BCUT2D eigenvalue weighted by Gasteiger charge is 2.05. The van der Waals surface area contributed by atoms with Gasteiger partial charge in [-0.1, -0.05) is 6.08 Å². The van der Waals surface area contributed by atoms with Gasteiger partial charge >= 0.3 is 0 Å². The van der Waals surface area contributed by atoms with E-state index in [1.807, 2.05) is 18.3 Å². The minimum absolute atomic E-state index is 0.0643.